The lowest BCUT2D eigenvalue weighted by atomic mass is 10.0. The maximum atomic E-state index is 13.5. The van der Waals surface area contributed by atoms with Crippen LogP contribution in [0.5, 0.6) is 0 Å². The van der Waals surface area contributed by atoms with Crippen LogP contribution in [-0.2, 0) is 33.6 Å². The Morgan fingerprint density at radius 3 is 1.73 bits per heavy atom. The molecule has 0 spiro atoms. The van der Waals surface area contributed by atoms with E-state index in [9.17, 15) is 33.6 Å². The molecule has 0 aliphatic rings. The molecule has 0 aromatic rings. The molecular weight excluding hydrogens is 666 g/mol. The summed E-state index contributed by atoms with van der Waals surface area (Å²) < 4.78 is 0. The first-order valence-corrected chi connectivity index (χ1v) is 17.7. The zero-order chi connectivity index (χ0) is 38.9. The van der Waals surface area contributed by atoms with Gasteiger partial charge in [0.25, 0.3) is 0 Å². The minimum Gasteiger partial charge on any atom is -0.481 e. The second-order valence-corrected chi connectivity index (χ2v) is 13.1. The monoisotopic (exact) mass is 730 g/mol. The van der Waals surface area contributed by atoms with Crippen LogP contribution in [0.15, 0.2) is 0 Å². The number of hydrogen-bond donors (Lipinski definition) is 12. The van der Waals surface area contributed by atoms with Crippen LogP contribution in [0.3, 0.4) is 0 Å². The standard InChI is InChI=1S/C32H61N11O8/c1-19(2)17-25(43-30(50)23(10-5-7-15-34)42-28(48)22(35)9-4-6-14-33)31(51)39-20(3)27(47)41-24(11-8-16-38-32(36)37)29(49)40-21(18-44)12-13-26(45)46/h18-25H,4-17,33-35H2,1-3H3,(H,39,51)(H,40,49)(H,41,47)(H,42,48)(H,43,50)(H,45,46)(H4,36,37,38)/p+3/t20-,21-,22-,23-,24-,25-/m0/s1. The molecule has 19 nitrogen and oxygen atoms in total. The molecule has 0 unspecified atom stereocenters. The van der Waals surface area contributed by atoms with Gasteiger partial charge in [-0.15, -0.1) is 0 Å². The third-order valence-electron chi connectivity index (χ3n) is 7.86. The normalized spacial score (nSPS) is 14.5. The average Bonchev–Trinajstić information content (AvgIpc) is 3.06. The largest absolute Gasteiger partial charge is 0.481 e. The van der Waals surface area contributed by atoms with Gasteiger partial charge < -0.3 is 53.7 Å². The number of unbranched alkanes of at least 4 members (excludes halogenated alkanes) is 2. The second-order valence-electron chi connectivity index (χ2n) is 13.1. The van der Waals surface area contributed by atoms with Gasteiger partial charge in [0.15, 0.2) is 0 Å². The summed E-state index contributed by atoms with van der Waals surface area (Å²) in [5.41, 5.74) is 24.5. The number of guanidine groups is 1. The summed E-state index contributed by atoms with van der Waals surface area (Å²) in [6, 6.07) is -6.23. The topological polar surface area (TPSA) is 347 Å². The van der Waals surface area contributed by atoms with Gasteiger partial charge in [-0.05, 0) is 77.0 Å². The van der Waals surface area contributed by atoms with E-state index in [0.29, 0.717) is 38.5 Å². The molecule has 0 aliphatic carbocycles. The molecule has 19 N–H and O–H groups in total. The highest BCUT2D eigenvalue weighted by Crippen LogP contribution is 2.09. The highest BCUT2D eigenvalue weighted by atomic mass is 16.4. The lowest BCUT2D eigenvalue weighted by molar-refractivity contribution is -0.459. The fourth-order valence-electron chi connectivity index (χ4n) is 4.94. The molecule has 19 heteroatoms. The van der Waals surface area contributed by atoms with Crippen molar-refractivity contribution in [3.05, 3.63) is 0 Å². The molecule has 0 rings (SSSR count). The Hall–Kier alpha value is -4.36. The molecule has 0 saturated heterocycles. The van der Waals surface area contributed by atoms with E-state index in [2.05, 4.69) is 43.0 Å². The molecule has 0 aliphatic heterocycles. The number of amides is 5. The second kappa shape index (κ2) is 26.4. The summed E-state index contributed by atoms with van der Waals surface area (Å²) in [6.07, 6.45) is 4.14. The fraction of sp³-hybridized carbons (Fsp3) is 0.750. The minimum absolute atomic E-state index is 0.0370. The number of aliphatic carboxylic acids is 1. The summed E-state index contributed by atoms with van der Waals surface area (Å²) in [7, 11) is 0. The molecule has 5 amide bonds. The van der Waals surface area contributed by atoms with Crippen molar-refractivity contribution in [2.24, 2.45) is 23.1 Å². The summed E-state index contributed by atoms with van der Waals surface area (Å²) in [4.78, 5) is 91.2. The number of aldehydes is 1. The van der Waals surface area contributed by atoms with Gasteiger partial charge in [0.2, 0.25) is 29.5 Å². The lowest BCUT2D eigenvalue weighted by Gasteiger charge is -2.26. The maximum absolute atomic E-state index is 13.5. The maximum Gasteiger partial charge on any atom is 0.338 e. The Balaban J connectivity index is 5.79. The van der Waals surface area contributed by atoms with Crippen molar-refractivity contribution < 1.29 is 55.1 Å². The van der Waals surface area contributed by atoms with Crippen molar-refractivity contribution >= 4 is 47.8 Å². The molecule has 0 fully saturated rings. The van der Waals surface area contributed by atoms with Crippen molar-refractivity contribution in [3.8, 4) is 0 Å². The first-order valence-electron chi connectivity index (χ1n) is 17.7. The molecule has 292 valence electrons. The molecule has 6 atom stereocenters. The van der Waals surface area contributed by atoms with E-state index in [1.54, 1.807) is 0 Å². The highest BCUT2D eigenvalue weighted by molar-refractivity contribution is 5.96. The van der Waals surface area contributed by atoms with Crippen LogP contribution >= 0.6 is 0 Å². The minimum atomic E-state index is -1.16. The molecule has 51 heavy (non-hydrogen) atoms. The first-order chi connectivity index (χ1) is 24.1. The zero-order valence-electron chi connectivity index (χ0n) is 30.5. The van der Waals surface area contributed by atoms with Crippen molar-refractivity contribution in [2.75, 3.05) is 19.6 Å². The SMILES string of the molecule is CC(C)C[C@H](NC(=O)[C@H](CCCC[NH3+])NC(=O)[C@@H](N)CCCC[NH3+])C(=O)N[C@@H](C)C(=O)N[C@@H](CCC[NH+]=C(N)N)C(=O)N[C@H](C=O)CCC(=O)O. The van der Waals surface area contributed by atoms with Crippen LogP contribution in [0.2, 0.25) is 0 Å². The molecule has 0 radical (unpaired) electrons. The number of carbonyl (C=O) groups excluding carboxylic acids is 6. The van der Waals surface area contributed by atoms with E-state index >= 15 is 0 Å². The average molecular weight is 731 g/mol. The van der Waals surface area contributed by atoms with Crippen LogP contribution in [0.25, 0.3) is 0 Å². The van der Waals surface area contributed by atoms with Crippen molar-refractivity contribution in [2.45, 2.75) is 128 Å². The number of carboxylic acids is 1. The number of rotatable bonds is 28. The Bertz CT molecular complexity index is 1150. The smallest absolute Gasteiger partial charge is 0.338 e. The number of carboxylic acid groups (broad SMARTS) is 1. The van der Waals surface area contributed by atoms with E-state index < -0.39 is 71.8 Å². The summed E-state index contributed by atoms with van der Waals surface area (Å²) >= 11 is 0. The quantitative estimate of drug-likeness (QED) is 0.0155. The summed E-state index contributed by atoms with van der Waals surface area (Å²) in [6.45, 7) is 6.76. The lowest BCUT2D eigenvalue weighted by Crippen LogP contribution is -2.78. The number of hydrogen-bond acceptors (Lipinski definition) is 8. The van der Waals surface area contributed by atoms with Gasteiger partial charge in [-0.25, -0.2) is 0 Å². The highest BCUT2D eigenvalue weighted by Gasteiger charge is 2.31. The van der Waals surface area contributed by atoms with Crippen LogP contribution in [0, 0.1) is 5.92 Å². The summed E-state index contributed by atoms with van der Waals surface area (Å²) in [5, 5.41) is 22.0. The van der Waals surface area contributed by atoms with E-state index in [1.165, 1.54) is 6.92 Å². The number of nitrogens with two attached hydrogens (primary N) is 3. The van der Waals surface area contributed by atoms with Gasteiger partial charge in [-0.2, -0.15) is 0 Å². The third-order valence-corrected chi connectivity index (χ3v) is 7.86. The van der Waals surface area contributed by atoms with Crippen molar-refractivity contribution in [1.82, 2.24) is 26.6 Å². The van der Waals surface area contributed by atoms with Gasteiger partial charge in [0.1, 0.15) is 30.5 Å². The van der Waals surface area contributed by atoms with E-state index in [0.717, 1.165) is 25.8 Å². The number of nitrogens with one attached hydrogen (secondary N) is 6. The van der Waals surface area contributed by atoms with E-state index in [4.69, 9.17) is 22.3 Å². The Labute approximate surface area is 299 Å². The molecule has 0 bridgehead atoms. The van der Waals surface area contributed by atoms with Crippen LogP contribution in [-0.4, -0.2) is 109 Å². The van der Waals surface area contributed by atoms with E-state index in [1.807, 2.05) is 13.8 Å². The van der Waals surface area contributed by atoms with Crippen LogP contribution in [0.1, 0.15) is 91.4 Å². The van der Waals surface area contributed by atoms with Crippen LogP contribution in [0.4, 0.5) is 0 Å². The number of carbonyl (C=O) groups is 7. The predicted octanol–water partition coefficient (Wildman–Crippen LogP) is -6.17. The van der Waals surface area contributed by atoms with Crippen molar-refractivity contribution in [1.29, 1.82) is 0 Å². The molecule has 0 aromatic heterocycles. The molecular formula is C32H64N11O8+3. The van der Waals surface area contributed by atoms with Crippen LogP contribution < -0.4 is 60.2 Å². The molecule has 0 heterocycles. The molecule has 0 saturated carbocycles. The Kier molecular flexibility index (Phi) is 24.2. The van der Waals surface area contributed by atoms with Gasteiger partial charge in [0.05, 0.1) is 31.7 Å². The Morgan fingerprint density at radius 2 is 1.20 bits per heavy atom. The zero-order valence-corrected chi connectivity index (χ0v) is 30.5. The third kappa shape index (κ3) is 21.5. The first kappa shape index (κ1) is 46.6. The number of quaternary nitrogens is 2. The summed E-state index contributed by atoms with van der Waals surface area (Å²) in [5.74, 6) is -4.37. The van der Waals surface area contributed by atoms with Gasteiger partial charge in [0, 0.05) is 6.42 Å². The van der Waals surface area contributed by atoms with Crippen molar-refractivity contribution in [3.63, 3.8) is 0 Å². The predicted molar refractivity (Wildman–Crippen MR) is 187 cm³/mol. The Morgan fingerprint density at radius 1 is 0.686 bits per heavy atom. The molecule has 0 aromatic carbocycles. The van der Waals surface area contributed by atoms with E-state index in [-0.39, 0.29) is 44.1 Å². The van der Waals surface area contributed by atoms with Gasteiger partial charge >= 0.3 is 11.9 Å². The van der Waals surface area contributed by atoms with Gasteiger partial charge in [-0.1, -0.05) is 13.8 Å². The fourth-order valence-corrected chi connectivity index (χ4v) is 4.94. The van der Waals surface area contributed by atoms with Gasteiger partial charge in [-0.3, -0.25) is 45.2 Å².